The van der Waals surface area contributed by atoms with Crippen LogP contribution in [0.5, 0.6) is 0 Å². The first-order valence-corrected chi connectivity index (χ1v) is 6.96. The van der Waals surface area contributed by atoms with E-state index in [1.54, 1.807) is 6.07 Å². The lowest BCUT2D eigenvalue weighted by Crippen LogP contribution is -2.26. The lowest BCUT2D eigenvalue weighted by atomic mass is 10.1. The van der Waals surface area contributed by atoms with Crippen LogP contribution < -0.4 is 5.32 Å². The lowest BCUT2D eigenvalue weighted by molar-refractivity contribution is 0.0938. The van der Waals surface area contributed by atoms with E-state index < -0.39 is 0 Å². The average Bonchev–Trinajstić information content (AvgIpc) is 2.76. The summed E-state index contributed by atoms with van der Waals surface area (Å²) in [7, 11) is 0. The van der Waals surface area contributed by atoms with Crippen LogP contribution >= 0.6 is 31.9 Å². The third kappa shape index (κ3) is 3.03. The molecule has 3 nitrogen and oxygen atoms in total. The van der Waals surface area contributed by atoms with Gasteiger partial charge >= 0.3 is 0 Å². The summed E-state index contributed by atoms with van der Waals surface area (Å²) in [6, 6.07) is 9.41. The van der Waals surface area contributed by atoms with Crippen LogP contribution in [-0.4, -0.2) is 5.91 Å². The molecular formula is C13H11Br2NO2. The van der Waals surface area contributed by atoms with Gasteiger partial charge in [0.2, 0.25) is 0 Å². The van der Waals surface area contributed by atoms with E-state index in [2.05, 4.69) is 37.2 Å². The monoisotopic (exact) mass is 371 g/mol. The highest BCUT2D eigenvalue weighted by Gasteiger charge is 2.15. The standard InChI is InChI=1S/C13H11Br2NO2/c1-8(9-2-4-10(14)5-3-9)16-13(17)11-6-7-18-12(11)15/h2-8H,1H3,(H,16,17). The number of carbonyl (C=O) groups excluding carboxylic acids is 1. The predicted molar refractivity (Wildman–Crippen MR) is 76.4 cm³/mol. The molecule has 1 aromatic heterocycles. The third-order valence-corrected chi connectivity index (χ3v) is 3.72. The second kappa shape index (κ2) is 5.71. The zero-order valence-corrected chi connectivity index (χ0v) is 12.8. The van der Waals surface area contributed by atoms with E-state index in [0.29, 0.717) is 10.2 Å². The van der Waals surface area contributed by atoms with Crippen LogP contribution in [0.3, 0.4) is 0 Å². The first-order chi connectivity index (χ1) is 8.58. The maximum Gasteiger partial charge on any atom is 0.256 e. The molecule has 0 aliphatic rings. The number of halogens is 2. The normalized spacial score (nSPS) is 12.2. The molecule has 5 heteroatoms. The first kappa shape index (κ1) is 13.4. The van der Waals surface area contributed by atoms with Crippen molar-refractivity contribution in [2.24, 2.45) is 0 Å². The fourth-order valence-corrected chi connectivity index (χ4v) is 2.25. The van der Waals surface area contributed by atoms with Crippen LogP contribution in [0.1, 0.15) is 28.9 Å². The van der Waals surface area contributed by atoms with Gasteiger partial charge in [-0.3, -0.25) is 4.79 Å². The van der Waals surface area contributed by atoms with Gasteiger partial charge in [0.15, 0.2) is 4.67 Å². The molecule has 0 bridgehead atoms. The third-order valence-electron chi connectivity index (χ3n) is 2.58. The quantitative estimate of drug-likeness (QED) is 0.872. The Morgan fingerprint density at radius 3 is 2.44 bits per heavy atom. The van der Waals surface area contributed by atoms with E-state index in [0.717, 1.165) is 10.0 Å². The summed E-state index contributed by atoms with van der Waals surface area (Å²) in [4.78, 5) is 12.0. The van der Waals surface area contributed by atoms with Crippen molar-refractivity contribution in [1.82, 2.24) is 5.32 Å². The van der Waals surface area contributed by atoms with E-state index in [-0.39, 0.29) is 11.9 Å². The van der Waals surface area contributed by atoms with Crippen molar-refractivity contribution in [3.63, 3.8) is 0 Å². The molecular weight excluding hydrogens is 362 g/mol. The van der Waals surface area contributed by atoms with E-state index in [4.69, 9.17) is 4.42 Å². The maximum absolute atomic E-state index is 12.0. The number of hydrogen-bond acceptors (Lipinski definition) is 2. The minimum absolute atomic E-state index is 0.0626. The highest BCUT2D eigenvalue weighted by atomic mass is 79.9. The van der Waals surface area contributed by atoms with Gasteiger partial charge in [-0.2, -0.15) is 0 Å². The maximum atomic E-state index is 12.0. The van der Waals surface area contributed by atoms with Gasteiger partial charge in [-0.25, -0.2) is 0 Å². The Kier molecular flexibility index (Phi) is 4.24. The summed E-state index contributed by atoms with van der Waals surface area (Å²) in [5, 5.41) is 2.91. The number of benzene rings is 1. The molecule has 0 aliphatic heterocycles. The second-order valence-electron chi connectivity index (χ2n) is 3.85. The summed E-state index contributed by atoms with van der Waals surface area (Å²) >= 11 is 6.57. The Morgan fingerprint density at radius 2 is 1.89 bits per heavy atom. The molecule has 1 N–H and O–H groups in total. The van der Waals surface area contributed by atoms with Gasteiger partial charge in [0, 0.05) is 4.47 Å². The van der Waals surface area contributed by atoms with Gasteiger partial charge in [0.25, 0.3) is 5.91 Å². The molecule has 1 amide bonds. The summed E-state index contributed by atoms with van der Waals surface area (Å²) in [6.45, 7) is 1.94. The predicted octanol–water partition coefficient (Wildman–Crippen LogP) is 4.30. The molecule has 94 valence electrons. The van der Waals surface area contributed by atoms with Crippen LogP contribution in [0.15, 0.2) is 50.2 Å². The number of hydrogen-bond donors (Lipinski definition) is 1. The number of rotatable bonds is 3. The first-order valence-electron chi connectivity index (χ1n) is 5.37. The molecule has 1 unspecified atom stereocenters. The Labute approximate surface area is 122 Å². The fraction of sp³-hybridized carbons (Fsp3) is 0.154. The largest absolute Gasteiger partial charge is 0.457 e. The van der Waals surface area contributed by atoms with Crippen LogP contribution in [-0.2, 0) is 0 Å². The summed E-state index contributed by atoms with van der Waals surface area (Å²) in [6.07, 6.45) is 1.48. The summed E-state index contributed by atoms with van der Waals surface area (Å²) < 4.78 is 6.50. The molecule has 0 fully saturated rings. The number of carbonyl (C=O) groups is 1. The molecule has 0 saturated heterocycles. The van der Waals surface area contributed by atoms with Crippen LogP contribution in [0, 0.1) is 0 Å². The minimum atomic E-state index is -0.161. The lowest BCUT2D eigenvalue weighted by Gasteiger charge is -2.13. The second-order valence-corrected chi connectivity index (χ2v) is 5.49. The van der Waals surface area contributed by atoms with Crippen molar-refractivity contribution in [2.75, 3.05) is 0 Å². The van der Waals surface area contributed by atoms with Gasteiger partial charge in [0.1, 0.15) is 0 Å². The van der Waals surface area contributed by atoms with Crippen molar-refractivity contribution in [1.29, 1.82) is 0 Å². The van der Waals surface area contributed by atoms with Crippen molar-refractivity contribution in [3.8, 4) is 0 Å². The SMILES string of the molecule is CC(NC(=O)c1ccoc1Br)c1ccc(Br)cc1. The van der Waals surface area contributed by atoms with Crippen LogP contribution in [0.2, 0.25) is 0 Å². The van der Waals surface area contributed by atoms with Crippen molar-refractivity contribution >= 4 is 37.8 Å². The fourth-order valence-electron chi connectivity index (χ4n) is 1.56. The van der Waals surface area contributed by atoms with Gasteiger partial charge in [-0.05, 0) is 46.6 Å². The molecule has 0 spiro atoms. The Bertz CT molecular complexity index is 548. The number of furan rings is 1. The molecule has 1 heterocycles. The molecule has 0 saturated carbocycles. The Balaban J connectivity index is 2.08. The smallest absolute Gasteiger partial charge is 0.256 e. The van der Waals surface area contributed by atoms with E-state index in [1.807, 2.05) is 31.2 Å². The van der Waals surface area contributed by atoms with Gasteiger partial charge in [-0.15, -0.1) is 0 Å². The van der Waals surface area contributed by atoms with Crippen molar-refractivity contribution < 1.29 is 9.21 Å². The highest BCUT2D eigenvalue weighted by Crippen LogP contribution is 2.20. The average molecular weight is 373 g/mol. The van der Waals surface area contributed by atoms with Crippen molar-refractivity contribution in [3.05, 3.63) is 56.9 Å². The van der Waals surface area contributed by atoms with Gasteiger partial charge in [-0.1, -0.05) is 28.1 Å². The van der Waals surface area contributed by atoms with Gasteiger partial charge in [0.05, 0.1) is 17.9 Å². The van der Waals surface area contributed by atoms with E-state index in [9.17, 15) is 4.79 Å². The Morgan fingerprint density at radius 1 is 1.22 bits per heavy atom. The molecule has 0 radical (unpaired) electrons. The molecule has 2 rings (SSSR count). The minimum Gasteiger partial charge on any atom is -0.457 e. The van der Waals surface area contributed by atoms with Crippen LogP contribution in [0.25, 0.3) is 0 Å². The van der Waals surface area contributed by atoms with E-state index in [1.165, 1.54) is 6.26 Å². The zero-order valence-electron chi connectivity index (χ0n) is 9.61. The van der Waals surface area contributed by atoms with Crippen LogP contribution in [0.4, 0.5) is 0 Å². The molecule has 1 atom stereocenters. The summed E-state index contributed by atoms with van der Waals surface area (Å²) in [5.74, 6) is -0.161. The molecule has 1 aromatic carbocycles. The van der Waals surface area contributed by atoms with Crippen molar-refractivity contribution in [2.45, 2.75) is 13.0 Å². The molecule has 2 aromatic rings. The zero-order chi connectivity index (χ0) is 13.1. The molecule has 18 heavy (non-hydrogen) atoms. The number of amides is 1. The summed E-state index contributed by atoms with van der Waals surface area (Å²) in [5.41, 5.74) is 1.55. The molecule has 0 aliphatic carbocycles. The Hall–Kier alpha value is -1.07. The van der Waals surface area contributed by atoms with E-state index >= 15 is 0 Å². The topological polar surface area (TPSA) is 42.2 Å². The van der Waals surface area contributed by atoms with Gasteiger partial charge < -0.3 is 9.73 Å². The highest BCUT2D eigenvalue weighted by molar-refractivity contribution is 9.10. The number of nitrogens with one attached hydrogen (secondary N) is 1.